The zero-order valence-corrected chi connectivity index (χ0v) is 21.0. The lowest BCUT2D eigenvalue weighted by Crippen LogP contribution is -2.47. The van der Waals surface area contributed by atoms with Gasteiger partial charge in [-0.25, -0.2) is 15.0 Å². The summed E-state index contributed by atoms with van der Waals surface area (Å²) in [5.41, 5.74) is 11.1. The zero-order valence-electron chi connectivity index (χ0n) is 21.0. The second kappa shape index (κ2) is 8.91. The largest absolute Gasteiger partial charge is 0.489 e. The molecule has 7 rings (SSSR count). The highest BCUT2D eigenvalue weighted by Gasteiger charge is 2.24. The van der Waals surface area contributed by atoms with E-state index < -0.39 is 0 Å². The van der Waals surface area contributed by atoms with Crippen molar-refractivity contribution in [2.45, 2.75) is 6.61 Å². The van der Waals surface area contributed by atoms with Crippen LogP contribution in [0.4, 0.5) is 11.6 Å². The van der Waals surface area contributed by atoms with Crippen LogP contribution in [0.2, 0.25) is 0 Å². The fourth-order valence-electron chi connectivity index (χ4n) is 4.78. The van der Waals surface area contributed by atoms with E-state index in [9.17, 15) is 4.79 Å². The fourth-order valence-corrected chi connectivity index (χ4v) is 4.78. The summed E-state index contributed by atoms with van der Waals surface area (Å²) in [4.78, 5) is 31.2. The van der Waals surface area contributed by atoms with Crippen LogP contribution in [0.5, 0.6) is 5.75 Å². The van der Waals surface area contributed by atoms with Gasteiger partial charge in [0.15, 0.2) is 11.4 Å². The number of aryl methyl sites for hydroxylation is 1. The Hall–Kier alpha value is -5.32. The van der Waals surface area contributed by atoms with Gasteiger partial charge in [-0.15, -0.1) is 0 Å². The highest BCUT2D eigenvalue weighted by molar-refractivity contribution is 6.00. The first-order chi connectivity index (χ1) is 19.0. The van der Waals surface area contributed by atoms with Gasteiger partial charge in [0.2, 0.25) is 0 Å². The summed E-state index contributed by atoms with van der Waals surface area (Å²) in [6.45, 7) is 1.14. The topological polar surface area (TPSA) is 130 Å². The fraction of sp³-hybridized carbons (Fsp3) is 0.143. The van der Waals surface area contributed by atoms with Crippen molar-refractivity contribution in [2.75, 3.05) is 23.7 Å². The van der Waals surface area contributed by atoms with Gasteiger partial charge in [0.05, 0.1) is 41.6 Å². The van der Waals surface area contributed by atoms with Crippen LogP contribution in [-0.2, 0) is 18.4 Å². The van der Waals surface area contributed by atoms with Gasteiger partial charge in [-0.3, -0.25) is 19.0 Å². The van der Waals surface area contributed by atoms with E-state index >= 15 is 0 Å². The zero-order chi connectivity index (χ0) is 26.5. The molecule has 0 unspecified atom stereocenters. The molecule has 0 radical (unpaired) electrons. The second-order valence-electron chi connectivity index (χ2n) is 9.50. The molecule has 0 aliphatic carbocycles. The van der Waals surface area contributed by atoms with E-state index in [0.717, 1.165) is 44.6 Å². The molecule has 1 aliphatic rings. The lowest BCUT2D eigenvalue weighted by Gasteiger charge is -2.30. The summed E-state index contributed by atoms with van der Waals surface area (Å²) in [7, 11) is 1.87. The van der Waals surface area contributed by atoms with Crippen LogP contribution in [0.3, 0.4) is 0 Å². The smallest absolute Gasteiger partial charge is 0.171 e. The maximum Gasteiger partial charge on any atom is 0.171 e. The van der Waals surface area contributed by atoms with Crippen LogP contribution in [0, 0.1) is 0 Å². The molecule has 5 aromatic heterocycles. The molecule has 0 amide bonds. The number of carbonyl (C=O) groups is 1. The third-order valence-electron chi connectivity index (χ3n) is 6.77. The molecule has 6 aromatic rings. The molecule has 0 spiro atoms. The number of Topliss-reactive ketones (excluding diaryl/α,β-unsaturated/α-hetero) is 1. The van der Waals surface area contributed by atoms with Gasteiger partial charge >= 0.3 is 0 Å². The van der Waals surface area contributed by atoms with E-state index in [2.05, 4.69) is 20.1 Å². The number of carbonyl (C=O) groups excluding carboxylic acids is 1. The van der Waals surface area contributed by atoms with Gasteiger partial charge in [-0.05, 0) is 36.4 Å². The first kappa shape index (κ1) is 22.8. The lowest BCUT2D eigenvalue weighted by molar-refractivity contribution is -0.119. The Morgan fingerprint density at radius 2 is 1.92 bits per heavy atom. The summed E-state index contributed by atoms with van der Waals surface area (Å²) >= 11 is 0. The van der Waals surface area contributed by atoms with E-state index in [1.54, 1.807) is 17.1 Å². The van der Waals surface area contributed by atoms with Crippen molar-refractivity contribution in [3.63, 3.8) is 0 Å². The molecule has 11 heteroatoms. The Morgan fingerprint density at radius 1 is 1.05 bits per heavy atom. The van der Waals surface area contributed by atoms with Gasteiger partial charge in [-0.1, -0.05) is 0 Å². The number of pyridine rings is 2. The van der Waals surface area contributed by atoms with Crippen molar-refractivity contribution in [3.05, 3.63) is 79.1 Å². The predicted octanol–water partition coefficient (Wildman–Crippen LogP) is 3.31. The normalized spacial score (nSPS) is 13.3. The van der Waals surface area contributed by atoms with Gasteiger partial charge in [0.25, 0.3) is 0 Å². The minimum Gasteiger partial charge on any atom is -0.489 e. The molecule has 1 aromatic carbocycles. The standard InChI is InChI=1S/C28H23N9O2/c1-35-7-6-23(34-35)22-14-37(28-26(22)27(29)31-16-32-28)19-8-17(10-30-11-19)15-39-21-4-2-18-3-5-25(33-24(18)9-21)36-12-20(38)13-36/h2-11,14,16H,12-13,15H2,1H3,(H2,29,31,32). The number of hydrogen-bond donors (Lipinski definition) is 1. The Balaban J connectivity index is 1.17. The minimum absolute atomic E-state index is 0.224. The monoisotopic (exact) mass is 517 g/mol. The van der Waals surface area contributed by atoms with Crippen molar-refractivity contribution >= 4 is 39.4 Å². The summed E-state index contributed by atoms with van der Waals surface area (Å²) in [5.74, 6) is 2.11. The third kappa shape index (κ3) is 4.09. The molecule has 6 heterocycles. The predicted molar refractivity (Wildman–Crippen MR) is 147 cm³/mol. The summed E-state index contributed by atoms with van der Waals surface area (Å²) < 4.78 is 9.80. The van der Waals surface area contributed by atoms with Crippen molar-refractivity contribution in [1.29, 1.82) is 0 Å². The second-order valence-corrected chi connectivity index (χ2v) is 9.50. The molecule has 39 heavy (non-hydrogen) atoms. The molecule has 0 bridgehead atoms. The number of nitrogens with two attached hydrogens (primary N) is 1. The van der Waals surface area contributed by atoms with Crippen LogP contribution in [0.1, 0.15) is 5.56 Å². The van der Waals surface area contributed by atoms with Crippen molar-refractivity contribution < 1.29 is 9.53 Å². The van der Waals surface area contributed by atoms with E-state index in [0.29, 0.717) is 36.9 Å². The average Bonchev–Trinajstić information content (AvgIpc) is 3.54. The Kier molecular flexibility index (Phi) is 5.22. The Bertz CT molecular complexity index is 1880. The van der Waals surface area contributed by atoms with Crippen LogP contribution in [0.15, 0.2) is 73.6 Å². The van der Waals surface area contributed by atoms with Crippen LogP contribution in [-0.4, -0.2) is 53.2 Å². The number of ketones is 1. The van der Waals surface area contributed by atoms with Crippen LogP contribution < -0.4 is 15.4 Å². The number of hydrogen-bond acceptors (Lipinski definition) is 9. The first-order valence-corrected chi connectivity index (χ1v) is 12.4. The minimum atomic E-state index is 0.224. The van der Waals surface area contributed by atoms with Gasteiger partial charge < -0.3 is 15.4 Å². The van der Waals surface area contributed by atoms with E-state index in [-0.39, 0.29) is 5.78 Å². The van der Waals surface area contributed by atoms with E-state index in [1.807, 2.05) is 71.4 Å². The molecule has 1 fully saturated rings. The number of anilines is 2. The van der Waals surface area contributed by atoms with Crippen LogP contribution in [0.25, 0.3) is 38.9 Å². The molecule has 11 nitrogen and oxygen atoms in total. The van der Waals surface area contributed by atoms with Gasteiger partial charge in [0.1, 0.15) is 30.3 Å². The molecule has 2 N–H and O–H groups in total. The Labute approximate surface area is 222 Å². The van der Waals surface area contributed by atoms with Gasteiger partial charge in [0, 0.05) is 48.2 Å². The highest BCUT2D eigenvalue weighted by atomic mass is 16.5. The lowest BCUT2D eigenvalue weighted by atomic mass is 10.1. The molecule has 1 saturated heterocycles. The van der Waals surface area contributed by atoms with Crippen LogP contribution >= 0.6 is 0 Å². The molecular formula is C28H23N9O2. The molecule has 192 valence electrons. The average molecular weight is 518 g/mol. The van der Waals surface area contributed by atoms with Crippen molar-refractivity contribution in [3.8, 4) is 22.7 Å². The molecule has 1 aliphatic heterocycles. The third-order valence-corrected chi connectivity index (χ3v) is 6.77. The Morgan fingerprint density at radius 3 is 2.74 bits per heavy atom. The summed E-state index contributed by atoms with van der Waals surface area (Å²) in [6, 6.07) is 13.7. The van der Waals surface area contributed by atoms with E-state index in [4.69, 9.17) is 15.5 Å². The number of benzene rings is 1. The number of ether oxygens (including phenoxy) is 1. The number of nitrogen functional groups attached to an aromatic ring is 1. The molecular weight excluding hydrogens is 494 g/mol. The summed E-state index contributed by atoms with van der Waals surface area (Å²) in [5, 5.41) is 6.29. The number of fused-ring (bicyclic) bond motifs is 2. The maximum absolute atomic E-state index is 11.4. The number of aromatic nitrogens is 7. The molecule has 0 atom stereocenters. The van der Waals surface area contributed by atoms with Crippen molar-refractivity contribution in [2.24, 2.45) is 7.05 Å². The van der Waals surface area contributed by atoms with Crippen molar-refractivity contribution in [1.82, 2.24) is 34.3 Å². The quantitative estimate of drug-likeness (QED) is 0.354. The van der Waals surface area contributed by atoms with Gasteiger partial charge in [-0.2, -0.15) is 5.10 Å². The summed E-state index contributed by atoms with van der Waals surface area (Å²) in [6.07, 6.45) is 8.84. The maximum atomic E-state index is 11.4. The molecule has 0 saturated carbocycles. The first-order valence-electron chi connectivity index (χ1n) is 12.4. The SMILES string of the molecule is Cn1ccc(-c2cn(-c3cncc(COc4ccc5ccc(N6CC(=O)C6)nc5c4)c3)c3ncnc(N)c23)n1. The number of nitrogens with zero attached hydrogens (tertiary/aromatic N) is 8. The van der Waals surface area contributed by atoms with E-state index in [1.165, 1.54) is 6.33 Å². The highest BCUT2D eigenvalue weighted by Crippen LogP contribution is 2.33. The number of rotatable bonds is 6.